The lowest BCUT2D eigenvalue weighted by Crippen LogP contribution is -2.57. The van der Waals surface area contributed by atoms with Gasteiger partial charge in [0.05, 0.1) is 6.61 Å². The molecule has 1 saturated heterocycles. The molecule has 1 aromatic rings. The van der Waals surface area contributed by atoms with Gasteiger partial charge in [0.25, 0.3) is 5.91 Å². The highest BCUT2D eigenvalue weighted by molar-refractivity contribution is 5.87. The highest BCUT2D eigenvalue weighted by Gasteiger charge is 2.42. The van der Waals surface area contributed by atoms with Crippen molar-refractivity contribution in [1.29, 1.82) is 0 Å². The Kier molecular flexibility index (Phi) is 6.86. The van der Waals surface area contributed by atoms with E-state index in [2.05, 4.69) is 10.3 Å². The lowest BCUT2D eigenvalue weighted by atomic mass is 9.87. The number of aliphatic hydroxyl groups is 2. The van der Waals surface area contributed by atoms with E-state index in [1.54, 1.807) is 31.5 Å². The predicted octanol–water partition coefficient (Wildman–Crippen LogP) is -0.426. The molecule has 0 aromatic carbocycles. The summed E-state index contributed by atoms with van der Waals surface area (Å²) in [6.45, 7) is 2.37. The normalized spacial score (nSPS) is 18.8. The molecule has 2 heterocycles. The number of nitrogens with zero attached hydrogens (tertiary/aromatic N) is 1. The van der Waals surface area contributed by atoms with Gasteiger partial charge in [-0.15, -0.1) is 0 Å². The van der Waals surface area contributed by atoms with E-state index >= 15 is 0 Å². The summed E-state index contributed by atoms with van der Waals surface area (Å²) in [5.41, 5.74) is -0.772. The van der Waals surface area contributed by atoms with Gasteiger partial charge in [0.15, 0.2) is 6.10 Å². The van der Waals surface area contributed by atoms with Crippen LogP contribution in [0.3, 0.4) is 0 Å². The van der Waals surface area contributed by atoms with Crippen LogP contribution in [0.5, 0.6) is 0 Å². The molecule has 0 aliphatic carbocycles. The zero-order valence-electron chi connectivity index (χ0n) is 14.2. The first-order valence-electron chi connectivity index (χ1n) is 8.30. The van der Waals surface area contributed by atoms with Gasteiger partial charge in [0.2, 0.25) is 0 Å². The maximum absolute atomic E-state index is 12.4. The molecule has 1 aromatic heterocycles. The Morgan fingerprint density at radius 3 is 2.60 bits per heavy atom. The third-order valence-electron chi connectivity index (χ3n) is 4.19. The average molecular weight is 352 g/mol. The van der Waals surface area contributed by atoms with E-state index in [0.29, 0.717) is 0 Å². The van der Waals surface area contributed by atoms with Crippen LogP contribution in [-0.2, 0) is 25.5 Å². The Morgan fingerprint density at radius 1 is 1.36 bits per heavy atom. The van der Waals surface area contributed by atoms with Crippen molar-refractivity contribution in [2.75, 3.05) is 19.8 Å². The number of hydrogen-bond donors (Lipinski definition) is 3. The van der Waals surface area contributed by atoms with Gasteiger partial charge in [-0.1, -0.05) is 0 Å². The molecule has 0 spiro atoms. The minimum Gasteiger partial charge on any atom is -0.464 e. The fourth-order valence-electron chi connectivity index (χ4n) is 2.68. The minimum atomic E-state index is -1.65. The van der Waals surface area contributed by atoms with Crippen LogP contribution in [0.2, 0.25) is 0 Å². The molecule has 1 fully saturated rings. The van der Waals surface area contributed by atoms with Crippen LogP contribution in [0, 0.1) is 0 Å². The molecule has 8 nitrogen and oxygen atoms in total. The van der Waals surface area contributed by atoms with E-state index in [-0.39, 0.29) is 39.1 Å². The van der Waals surface area contributed by atoms with Crippen molar-refractivity contribution < 1.29 is 29.3 Å². The van der Waals surface area contributed by atoms with Gasteiger partial charge in [0.1, 0.15) is 11.6 Å². The number of hydrogen-bond acceptors (Lipinski definition) is 7. The van der Waals surface area contributed by atoms with Gasteiger partial charge < -0.3 is 25.0 Å². The number of esters is 1. The van der Waals surface area contributed by atoms with Gasteiger partial charge in [-0.2, -0.15) is 0 Å². The number of carbonyl (C=O) groups excluding carboxylic acids is 2. The Hall–Kier alpha value is -2.03. The van der Waals surface area contributed by atoms with E-state index in [0.717, 1.165) is 5.56 Å². The highest BCUT2D eigenvalue weighted by atomic mass is 16.5. The summed E-state index contributed by atoms with van der Waals surface area (Å²) >= 11 is 0. The Morgan fingerprint density at radius 2 is 2.00 bits per heavy atom. The molecule has 1 aliphatic heterocycles. The number of aromatic nitrogens is 1. The van der Waals surface area contributed by atoms with Gasteiger partial charge in [0, 0.05) is 44.9 Å². The maximum atomic E-state index is 12.4. The molecule has 0 bridgehead atoms. The molecule has 2 atom stereocenters. The van der Waals surface area contributed by atoms with Crippen LogP contribution in [0.4, 0.5) is 0 Å². The predicted molar refractivity (Wildman–Crippen MR) is 87.5 cm³/mol. The lowest BCUT2D eigenvalue weighted by Gasteiger charge is -2.35. The summed E-state index contributed by atoms with van der Waals surface area (Å²) < 4.78 is 10.1. The molecule has 0 radical (unpaired) electrons. The number of nitrogens with one attached hydrogen (secondary N) is 1. The molecule has 2 rings (SSSR count). The van der Waals surface area contributed by atoms with Crippen molar-refractivity contribution >= 4 is 11.9 Å². The fourth-order valence-corrected chi connectivity index (χ4v) is 2.68. The summed E-state index contributed by atoms with van der Waals surface area (Å²) in [7, 11) is 0. The summed E-state index contributed by atoms with van der Waals surface area (Å²) in [5, 5.41) is 23.2. The highest BCUT2D eigenvalue weighted by Crippen LogP contribution is 2.24. The third kappa shape index (κ3) is 5.22. The van der Waals surface area contributed by atoms with Gasteiger partial charge in [-0.05, 0) is 24.6 Å². The molecule has 8 heteroatoms. The average Bonchev–Trinajstić information content (AvgIpc) is 2.62. The van der Waals surface area contributed by atoms with Gasteiger partial charge in [-0.25, -0.2) is 4.79 Å². The SMILES string of the molecule is CCOC(=O)C(Cc1ccncc1)NC(=O)C(O)C1(O)CCOCC1. The third-order valence-corrected chi connectivity index (χ3v) is 4.19. The van der Waals surface area contributed by atoms with E-state index in [1.807, 2.05) is 0 Å². The summed E-state index contributed by atoms with van der Waals surface area (Å²) in [6, 6.07) is 2.48. The molecular weight excluding hydrogens is 328 g/mol. The Labute approximate surface area is 146 Å². The van der Waals surface area contributed by atoms with Crippen LogP contribution in [-0.4, -0.2) is 64.6 Å². The molecule has 1 aliphatic rings. The largest absolute Gasteiger partial charge is 0.464 e. The van der Waals surface area contributed by atoms with Crippen LogP contribution >= 0.6 is 0 Å². The smallest absolute Gasteiger partial charge is 0.328 e. The molecule has 138 valence electrons. The number of rotatable bonds is 7. The molecule has 3 N–H and O–H groups in total. The quantitative estimate of drug-likeness (QED) is 0.570. The maximum Gasteiger partial charge on any atom is 0.328 e. The summed E-state index contributed by atoms with van der Waals surface area (Å²) in [4.78, 5) is 28.4. The van der Waals surface area contributed by atoms with Crippen LogP contribution in [0.15, 0.2) is 24.5 Å². The summed E-state index contributed by atoms with van der Waals surface area (Å²) in [5.74, 6) is -1.41. The van der Waals surface area contributed by atoms with Crippen LogP contribution in [0.25, 0.3) is 0 Å². The van der Waals surface area contributed by atoms with E-state index in [1.165, 1.54) is 0 Å². The number of pyridine rings is 1. The second-order valence-electron chi connectivity index (χ2n) is 5.99. The first kappa shape index (κ1) is 19.3. The van der Waals surface area contributed by atoms with Crippen molar-refractivity contribution in [3.8, 4) is 0 Å². The Balaban J connectivity index is 2.06. The van der Waals surface area contributed by atoms with Crippen molar-refractivity contribution in [3.05, 3.63) is 30.1 Å². The lowest BCUT2D eigenvalue weighted by molar-refractivity contribution is -0.162. The first-order chi connectivity index (χ1) is 12.0. The van der Waals surface area contributed by atoms with Gasteiger partial charge in [-0.3, -0.25) is 9.78 Å². The van der Waals surface area contributed by atoms with Gasteiger partial charge >= 0.3 is 5.97 Å². The number of ether oxygens (including phenoxy) is 2. The zero-order valence-corrected chi connectivity index (χ0v) is 14.2. The second-order valence-corrected chi connectivity index (χ2v) is 5.99. The van der Waals surface area contributed by atoms with E-state index in [4.69, 9.17) is 9.47 Å². The van der Waals surface area contributed by atoms with E-state index < -0.39 is 29.6 Å². The molecular formula is C17H24N2O6. The fraction of sp³-hybridized carbons (Fsp3) is 0.588. The molecule has 25 heavy (non-hydrogen) atoms. The number of carbonyl (C=O) groups is 2. The van der Waals surface area contributed by atoms with Crippen molar-refractivity contribution in [2.45, 2.75) is 43.9 Å². The van der Waals surface area contributed by atoms with Crippen molar-refractivity contribution in [3.63, 3.8) is 0 Å². The molecule has 0 saturated carbocycles. The van der Waals surface area contributed by atoms with Crippen LogP contribution in [0.1, 0.15) is 25.3 Å². The second kappa shape index (κ2) is 8.89. The Bertz CT molecular complexity index is 574. The van der Waals surface area contributed by atoms with E-state index in [9.17, 15) is 19.8 Å². The number of amides is 1. The zero-order chi connectivity index (χ0) is 18.3. The van der Waals surface area contributed by atoms with Crippen molar-refractivity contribution in [1.82, 2.24) is 10.3 Å². The molecule has 1 amide bonds. The first-order valence-corrected chi connectivity index (χ1v) is 8.30. The topological polar surface area (TPSA) is 118 Å². The van der Waals surface area contributed by atoms with Crippen LogP contribution < -0.4 is 5.32 Å². The minimum absolute atomic E-state index is 0.149. The number of aliphatic hydroxyl groups excluding tert-OH is 1. The monoisotopic (exact) mass is 352 g/mol. The summed E-state index contributed by atoms with van der Waals surface area (Å²) in [6.07, 6.45) is 2.01. The standard InChI is InChI=1S/C17H24N2O6/c1-2-25-16(22)13(11-12-3-7-18-8-4-12)19-15(21)14(20)17(23)5-9-24-10-6-17/h3-4,7-8,13-14,20,23H,2,5-6,9-11H2,1H3,(H,19,21). The van der Waals surface area contributed by atoms with Crippen molar-refractivity contribution in [2.24, 2.45) is 0 Å². The molecule has 2 unspecified atom stereocenters.